The molecule has 12 heteroatoms. The highest BCUT2D eigenvalue weighted by Crippen LogP contribution is 2.40. The fraction of sp³-hybridized carbons (Fsp3) is 0.276. The second-order valence-electron chi connectivity index (χ2n) is 10.5. The van der Waals surface area contributed by atoms with Crippen LogP contribution in [0.1, 0.15) is 18.4 Å². The number of nitrogens with zero attached hydrogens (tertiary/aromatic N) is 9. The van der Waals surface area contributed by atoms with Crippen molar-refractivity contribution in [2.24, 2.45) is 7.05 Å². The molecule has 1 amide bonds. The lowest BCUT2D eigenvalue weighted by Crippen LogP contribution is -2.63. The summed E-state index contributed by atoms with van der Waals surface area (Å²) in [6.07, 6.45) is 6.47. The molecule has 0 aliphatic carbocycles. The molecule has 3 aromatic heterocycles. The van der Waals surface area contributed by atoms with E-state index in [2.05, 4.69) is 42.1 Å². The number of ether oxygens (including phenoxy) is 1. The van der Waals surface area contributed by atoms with Gasteiger partial charge in [-0.2, -0.15) is 0 Å². The van der Waals surface area contributed by atoms with E-state index < -0.39 is 0 Å². The van der Waals surface area contributed by atoms with Crippen molar-refractivity contribution in [3.63, 3.8) is 0 Å². The monoisotopic (exact) mass is 548 g/mol. The SMILES string of the molecule is C=CC(=O)N1CCC12CCN(c1ncc3ncnc(Nc4ccc(Oc5ccc6c(c5)nnn6C)c(C)c4)c3n1)C2. The normalized spacial score (nSPS) is 18.2. The van der Waals surface area contributed by atoms with Crippen molar-refractivity contribution in [1.29, 1.82) is 0 Å². The number of hydrogen-bond acceptors (Lipinski definition) is 10. The Morgan fingerprint density at radius 3 is 2.78 bits per heavy atom. The molecule has 12 nitrogen and oxygen atoms in total. The Morgan fingerprint density at radius 1 is 1.10 bits per heavy atom. The Bertz CT molecular complexity index is 1840. The van der Waals surface area contributed by atoms with Crippen LogP contribution in [0.4, 0.5) is 17.5 Å². The number of rotatable bonds is 6. The van der Waals surface area contributed by atoms with Gasteiger partial charge in [0.05, 0.1) is 17.3 Å². The van der Waals surface area contributed by atoms with Crippen molar-refractivity contribution in [3.8, 4) is 11.5 Å². The van der Waals surface area contributed by atoms with Gasteiger partial charge in [0.15, 0.2) is 5.82 Å². The Kier molecular flexibility index (Phi) is 5.77. The van der Waals surface area contributed by atoms with Crippen molar-refractivity contribution >= 4 is 45.4 Å². The molecule has 0 saturated carbocycles. The zero-order valence-corrected chi connectivity index (χ0v) is 22.8. The standard InChI is InChI=1S/C29H28N10O2/c1-4-25(40)39-12-10-29(39)9-11-38(16-29)28-30-15-22-26(34-28)27(32-17-31-22)33-19-5-8-24(18(2)13-19)41-20-6-7-23-21(14-20)35-36-37(23)3/h4-8,13-15,17H,1,9-12,16H2,2-3H3,(H,31,32,33). The summed E-state index contributed by atoms with van der Waals surface area (Å²) in [5.74, 6) is 2.59. The predicted molar refractivity (Wildman–Crippen MR) is 154 cm³/mol. The minimum Gasteiger partial charge on any atom is -0.457 e. The lowest BCUT2D eigenvalue weighted by Gasteiger charge is -2.50. The van der Waals surface area contributed by atoms with Crippen LogP contribution in [0.25, 0.3) is 22.1 Å². The fourth-order valence-electron chi connectivity index (χ4n) is 5.72. The van der Waals surface area contributed by atoms with E-state index in [1.807, 2.05) is 55.3 Å². The van der Waals surface area contributed by atoms with E-state index in [0.717, 1.165) is 54.0 Å². The molecule has 1 N–H and O–H groups in total. The molecule has 1 atom stereocenters. The number of fused-ring (bicyclic) bond motifs is 2. The maximum atomic E-state index is 12.3. The van der Waals surface area contributed by atoms with Crippen LogP contribution in [0, 0.1) is 6.92 Å². The number of benzene rings is 2. The van der Waals surface area contributed by atoms with Gasteiger partial charge in [0, 0.05) is 38.4 Å². The quantitative estimate of drug-likeness (QED) is 0.312. The molecule has 206 valence electrons. The van der Waals surface area contributed by atoms with Gasteiger partial charge < -0.3 is 19.9 Å². The molecule has 0 radical (unpaired) electrons. The average molecular weight is 549 g/mol. The zero-order chi connectivity index (χ0) is 28.1. The molecular formula is C29H28N10O2. The number of anilines is 3. The molecule has 2 aromatic carbocycles. The third-order valence-electron chi connectivity index (χ3n) is 8.04. The minimum atomic E-state index is -0.167. The molecule has 2 saturated heterocycles. The van der Waals surface area contributed by atoms with E-state index >= 15 is 0 Å². The molecule has 5 heterocycles. The zero-order valence-electron chi connectivity index (χ0n) is 22.8. The maximum absolute atomic E-state index is 12.3. The van der Waals surface area contributed by atoms with Crippen molar-refractivity contribution in [3.05, 3.63) is 67.1 Å². The van der Waals surface area contributed by atoms with Gasteiger partial charge in [0.2, 0.25) is 11.9 Å². The smallest absolute Gasteiger partial charge is 0.246 e. The molecule has 2 aliphatic heterocycles. The number of amides is 1. The van der Waals surface area contributed by atoms with Crippen LogP contribution >= 0.6 is 0 Å². The number of carbonyl (C=O) groups excluding carboxylic acids is 1. The summed E-state index contributed by atoms with van der Waals surface area (Å²) >= 11 is 0. The lowest BCUT2D eigenvalue weighted by atomic mass is 9.83. The predicted octanol–water partition coefficient (Wildman–Crippen LogP) is 3.91. The first-order valence-corrected chi connectivity index (χ1v) is 13.4. The van der Waals surface area contributed by atoms with E-state index in [4.69, 9.17) is 9.72 Å². The average Bonchev–Trinajstić information content (AvgIpc) is 3.59. The van der Waals surface area contributed by atoms with Gasteiger partial charge in [-0.15, -0.1) is 5.10 Å². The number of likely N-dealkylation sites (tertiary alicyclic amines) is 1. The minimum absolute atomic E-state index is 0.0179. The van der Waals surface area contributed by atoms with Crippen LogP contribution in [0.5, 0.6) is 11.5 Å². The van der Waals surface area contributed by atoms with Gasteiger partial charge in [-0.05, 0) is 61.7 Å². The van der Waals surface area contributed by atoms with Gasteiger partial charge in [0.25, 0.3) is 0 Å². The van der Waals surface area contributed by atoms with Crippen LogP contribution in [0.2, 0.25) is 0 Å². The van der Waals surface area contributed by atoms with Crippen LogP contribution in [0.15, 0.2) is 61.6 Å². The van der Waals surface area contributed by atoms with Crippen molar-refractivity contribution < 1.29 is 9.53 Å². The van der Waals surface area contributed by atoms with E-state index in [1.54, 1.807) is 10.9 Å². The molecule has 1 spiro atoms. The topological polar surface area (TPSA) is 127 Å². The molecule has 41 heavy (non-hydrogen) atoms. The first-order chi connectivity index (χ1) is 19.9. The number of aryl methyl sites for hydroxylation is 2. The molecule has 2 aliphatic rings. The molecule has 1 unspecified atom stereocenters. The van der Waals surface area contributed by atoms with Crippen LogP contribution in [-0.4, -0.2) is 70.9 Å². The van der Waals surface area contributed by atoms with E-state index in [1.165, 1.54) is 12.4 Å². The van der Waals surface area contributed by atoms with Gasteiger partial charge in [-0.1, -0.05) is 11.8 Å². The highest BCUT2D eigenvalue weighted by atomic mass is 16.5. The van der Waals surface area contributed by atoms with Gasteiger partial charge in [-0.25, -0.2) is 24.6 Å². The summed E-state index contributed by atoms with van der Waals surface area (Å²) in [7, 11) is 1.86. The molecular weight excluding hydrogens is 520 g/mol. The largest absolute Gasteiger partial charge is 0.457 e. The molecule has 7 rings (SSSR count). The first-order valence-electron chi connectivity index (χ1n) is 13.4. The summed E-state index contributed by atoms with van der Waals surface area (Å²) in [5.41, 5.74) is 4.60. The summed E-state index contributed by atoms with van der Waals surface area (Å²) in [6, 6.07) is 11.6. The Morgan fingerprint density at radius 2 is 1.98 bits per heavy atom. The van der Waals surface area contributed by atoms with E-state index in [9.17, 15) is 4.79 Å². The summed E-state index contributed by atoms with van der Waals surface area (Å²) in [4.78, 5) is 34.6. The summed E-state index contributed by atoms with van der Waals surface area (Å²) in [5, 5.41) is 11.6. The highest BCUT2D eigenvalue weighted by molar-refractivity contribution is 5.89. The Balaban J connectivity index is 1.11. The number of aromatic nitrogens is 7. The van der Waals surface area contributed by atoms with Crippen LogP contribution < -0.4 is 15.0 Å². The van der Waals surface area contributed by atoms with Gasteiger partial charge >= 0.3 is 0 Å². The molecule has 0 bridgehead atoms. The van der Waals surface area contributed by atoms with Crippen molar-refractivity contribution in [2.75, 3.05) is 29.9 Å². The summed E-state index contributed by atoms with van der Waals surface area (Å²) in [6.45, 7) is 7.87. The highest BCUT2D eigenvalue weighted by Gasteiger charge is 2.51. The van der Waals surface area contributed by atoms with Crippen molar-refractivity contribution in [1.82, 2.24) is 39.8 Å². The maximum Gasteiger partial charge on any atom is 0.246 e. The van der Waals surface area contributed by atoms with Crippen LogP contribution in [-0.2, 0) is 11.8 Å². The first kappa shape index (κ1) is 24.9. The molecule has 5 aromatic rings. The van der Waals surface area contributed by atoms with E-state index in [0.29, 0.717) is 35.1 Å². The van der Waals surface area contributed by atoms with Gasteiger partial charge in [-0.3, -0.25) is 4.79 Å². The Labute approximate surface area is 235 Å². The third-order valence-corrected chi connectivity index (χ3v) is 8.04. The van der Waals surface area contributed by atoms with Crippen molar-refractivity contribution in [2.45, 2.75) is 25.3 Å². The number of hydrogen-bond donors (Lipinski definition) is 1. The number of carbonyl (C=O) groups is 1. The number of nitrogens with one attached hydrogen (secondary N) is 1. The van der Waals surface area contributed by atoms with E-state index in [-0.39, 0.29) is 11.4 Å². The molecule has 2 fully saturated rings. The summed E-state index contributed by atoms with van der Waals surface area (Å²) < 4.78 is 7.88. The third kappa shape index (κ3) is 4.28. The van der Waals surface area contributed by atoms with Crippen LogP contribution in [0.3, 0.4) is 0 Å². The fourth-order valence-corrected chi connectivity index (χ4v) is 5.72. The second kappa shape index (κ2) is 9.51. The van der Waals surface area contributed by atoms with Gasteiger partial charge in [0.1, 0.15) is 34.4 Å². The second-order valence-corrected chi connectivity index (χ2v) is 10.5. The Hall–Kier alpha value is -5.13. The lowest BCUT2D eigenvalue weighted by molar-refractivity contribution is -0.140.